The number of methoxy groups -OCH3 is 1. The van der Waals surface area contributed by atoms with E-state index in [4.69, 9.17) is 4.74 Å². The van der Waals surface area contributed by atoms with Gasteiger partial charge < -0.3 is 4.74 Å². The predicted molar refractivity (Wildman–Crippen MR) is 79.7 cm³/mol. The summed E-state index contributed by atoms with van der Waals surface area (Å²) >= 11 is 0. The van der Waals surface area contributed by atoms with Gasteiger partial charge in [-0.05, 0) is 49.2 Å². The highest BCUT2D eigenvalue weighted by Gasteiger charge is 2.20. The summed E-state index contributed by atoms with van der Waals surface area (Å²) in [4.78, 5) is 0.0896. The minimum atomic E-state index is -3.79. The molecular weight excluding hydrogens is 293 g/mol. The second kappa shape index (κ2) is 5.73. The van der Waals surface area contributed by atoms with Crippen molar-refractivity contribution >= 4 is 15.7 Å². The molecule has 21 heavy (non-hydrogen) atoms. The molecule has 0 radical (unpaired) electrons. The minimum absolute atomic E-state index is 0.0896. The molecule has 0 aliphatic heterocycles. The molecule has 0 heterocycles. The fraction of sp³-hybridized carbons (Fsp3) is 0.200. The van der Waals surface area contributed by atoms with E-state index in [-0.39, 0.29) is 4.90 Å². The number of sulfonamides is 1. The molecule has 0 amide bonds. The van der Waals surface area contributed by atoms with Crippen LogP contribution in [0, 0.1) is 19.7 Å². The van der Waals surface area contributed by atoms with Crippen molar-refractivity contribution < 1.29 is 17.5 Å². The van der Waals surface area contributed by atoms with Gasteiger partial charge >= 0.3 is 0 Å². The van der Waals surface area contributed by atoms with Gasteiger partial charge in [-0.2, -0.15) is 0 Å². The molecule has 0 saturated heterocycles. The van der Waals surface area contributed by atoms with Crippen LogP contribution in [0.15, 0.2) is 41.3 Å². The highest BCUT2D eigenvalue weighted by Crippen LogP contribution is 2.25. The maximum Gasteiger partial charge on any atom is 0.262 e. The smallest absolute Gasteiger partial charge is 0.262 e. The lowest BCUT2D eigenvalue weighted by Gasteiger charge is -2.13. The highest BCUT2D eigenvalue weighted by atomic mass is 32.2. The van der Waals surface area contributed by atoms with Crippen molar-refractivity contribution in [2.24, 2.45) is 0 Å². The third-order valence-electron chi connectivity index (χ3n) is 3.02. The van der Waals surface area contributed by atoms with Crippen LogP contribution in [-0.2, 0) is 10.0 Å². The number of hydrogen-bond donors (Lipinski definition) is 1. The summed E-state index contributed by atoms with van der Waals surface area (Å²) in [6.07, 6.45) is 0. The van der Waals surface area contributed by atoms with Gasteiger partial charge in [-0.25, -0.2) is 12.8 Å². The molecule has 6 heteroatoms. The van der Waals surface area contributed by atoms with E-state index in [0.717, 1.165) is 0 Å². The summed E-state index contributed by atoms with van der Waals surface area (Å²) < 4.78 is 45.8. The number of ether oxygens (including phenoxy) is 1. The zero-order valence-corrected chi connectivity index (χ0v) is 12.8. The van der Waals surface area contributed by atoms with Crippen molar-refractivity contribution in [3.8, 4) is 5.75 Å². The van der Waals surface area contributed by atoms with Crippen molar-refractivity contribution in [3.63, 3.8) is 0 Å². The van der Waals surface area contributed by atoms with Crippen LogP contribution in [0.25, 0.3) is 0 Å². The third-order valence-corrected chi connectivity index (χ3v) is 4.70. The molecule has 0 aliphatic carbocycles. The van der Waals surface area contributed by atoms with Crippen molar-refractivity contribution in [2.75, 3.05) is 11.8 Å². The zero-order valence-electron chi connectivity index (χ0n) is 12.0. The standard InChI is InChI=1S/C15H16FNO3S/c1-10-7-12(16)8-11(2)15(10)21(18,19)17-13-5-4-6-14(9-13)20-3/h4-9,17H,1-3H3. The van der Waals surface area contributed by atoms with Crippen LogP contribution in [0.1, 0.15) is 11.1 Å². The number of anilines is 1. The van der Waals surface area contributed by atoms with E-state index in [1.807, 2.05) is 0 Å². The number of rotatable bonds is 4. The van der Waals surface area contributed by atoms with Crippen LogP contribution in [0.3, 0.4) is 0 Å². The predicted octanol–water partition coefficient (Wildman–Crippen LogP) is 3.25. The van der Waals surface area contributed by atoms with Crippen LogP contribution in [-0.4, -0.2) is 15.5 Å². The molecule has 1 N–H and O–H groups in total. The summed E-state index contributed by atoms with van der Waals surface area (Å²) in [5.41, 5.74) is 1.11. The van der Waals surface area contributed by atoms with Gasteiger partial charge in [0, 0.05) is 6.07 Å². The van der Waals surface area contributed by atoms with E-state index in [1.54, 1.807) is 38.1 Å². The normalized spacial score (nSPS) is 11.2. The average Bonchev–Trinajstić information content (AvgIpc) is 2.36. The first-order valence-corrected chi connectivity index (χ1v) is 7.75. The molecule has 0 bridgehead atoms. The van der Waals surface area contributed by atoms with Crippen LogP contribution in [0.2, 0.25) is 0 Å². The minimum Gasteiger partial charge on any atom is -0.497 e. The number of hydrogen-bond acceptors (Lipinski definition) is 3. The molecular formula is C15H16FNO3S. The molecule has 0 atom stereocenters. The Morgan fingerprint density at radius 2 is 1.71 bits per heavy atom. The molecule has 0 spiro atoms. The van der Waals surface area contributed by atoms with Crippen LogP contribution >= 0.6 is 0 Å². The molecule has 112 valence electrons. The first-order valence-electron chi connectivity index (χ1n) is 6.27. The van der Waals surface area contributed by atoms with Crippen molar-refractivity contribution in [1.29, 1.82) is 0 Å². The monoisotopic (exact) mass is 309 g/mol. The van der Waals surface area contributed by atoms with E-state index in [0.29, 0.717) is 22.6 Å². The Labute approximate surface area is 123 Å². The Hall–Kier alpha value is -2.08. The first kappa shape index (κ1) is 15.3. The maximum absolute atomic E-state index is 13.3. The Morgan fingerprint density at radius 3 is 2.29 bits per heavy atom. The van der Waals surface area contributed by atoms with Crippen LogP contribution in [0.4, 0.5) is 10.1 Å². The lowest BCUT2D eigenvalue weighted by Crippen LogP contribution is -2.16. The van der Waals surface area contributed by atoms with E-state index in [1.165, 1.54) is 19.2 Å². The Morgan fingerprint density at radius 1 is 1.10 bits per heavy atom. The van der Waals surface area contributed by atoms with Gasteiger partial charge in [0.05, 0.1) is 17.7 Å². The lowest BCUT2D eigenvalue weighted by molar-refractivity contribution is 0.415. The molecule has 0 saturated carbocycles. The Bertz CT molecular complexity index is 749. The van der Waals surface area contributed by atoms with Gasteiger partial charge in [0.1, 0.15) is 11.6 Å². The molecule has 0 unspecified atom stereocenters. The zero-order chi connectivity index (χ0) is 15.6. The number of benzene rings is 2. The van der Waals surface area contributed by atoms with Gasteiger partial charge in [-0.3, -0.25) is 4.72 Å². The topological polar surface area (TPSA) is 55.4 Å². The van der Waals surface area contributed by atoms with E-state index < -0.39 is 15.8 Å². The molecule has 0 aromatic heterocycles. The summed E-state index contributed by atoms with van der Waals surface area (Å²) in [7, 11) is -2.29. The van der Waals surface area contributed by atoms with E-state index in [9.17, 15) is 12.8 Å². The molecule has 4 nitrogen and oxygen atoms in total. The van der Waals surface area contributed by atoms with Gasteiger partial charge in [-0.1, -0.05) is 6.07 Å². The number of aryl methyl sites for hydroxylation is 2. The van der Waals surface area contributed by atoms with Crippen LogP contribution < -0.4 is 9.46 Å². The van der Waals surface area contributed by atoms with Crippen molar-refractivity contribution in [1.82, 2.24) is 0 Å². The van der Waals surface area contributed by atoms with E-state index in [2.05, 4.69) is 4.72 Å². The van der Waals surface area contributed by atoms with Crippen LogP contribution in [0.5, 0.6) is 5.75 Å². The second-order valence-corrected chi connectivity index (χ2v) is 6.33. The largest absolute Gasteiger partial charge is 0.497 e. The quantitative estimate of drug-likeness (QED) is 0.943. The fourth-order valence-electron chi connectivity index (χ4n) is 2.21. The Balaban J connectivity index is 2.43. The van der Waals surface area contributed by atoms with E-state index >= 15 is 0 Å². The highest BCUT2D eigenvalue weighted by molar-refractivity contribution is 7.92. The fourth-order valence-corrected chi connectivity index (χ4v) is 3.72. The summed E-state index contributed by atoms with van der Waals surface area (Å²) in [6, 6.07) is 8.99. The van der Waals surface area contributed by atoms with Crippen molar-refractivity contribution in [3.05, 3.63) is 53.3 Å². The first-order chi connectivity index (χ1) is 9.83. The second-order valence-electron chi connectivity index (χ2n) is 4.71. The SMILES string of the molecule is COc1cccc(NS(=O)(=O)c2c(C)cc(F)cc2C)c1. The number of nitrogens with one attached hydrogen (secondary N) is 1. The van der Waals surface area contributed by atoms with Gasteiger partial charge in [-0.15, -0.1) is 0 Å². The maximum atomic E-state index is 13.3. The molecule has 0 fully saturated rings. The molecule has 2 aromatic rings. The third kappa shape index (κ3) is 3.33. The van der Waals surface area contributed by atoms with Gasteiger partial charge in [0.25, 0.3) is 10.0 Å². The summed E-state index contributed by atoms with van der Waals surface area (Å²) in [6.45, 7) is 3.13. The molecule has 0 aliphatic rings. The van der Waals surface area contributed by atoms with Gasteiger partial charge in [0.15, 0.2) is 0 Å². The average molecular weight is 309 g/mol. The summed E-state index contributed by atoms with van der Waals surface area (Å²) in [5, 5.41) is 0. The molecule has 2 rings (SSSR count). The lowest BCUT2D eigenvalue weighted by atomic mass is 10.1. The molecule has 2 aromatic carbocycles. The Kier molecular flexibility index (Phi) is 4.18. The van der Waals surface area contributed by atoms with Gasteiger partial charge in [0.2, 0.25) is 0 Å². The summed E-state index contributed by atoms with van der Waals surface area (Å²) in [5.74, 6) is 0.0908. The number of halogens is 1. The van der Waals surface area contributed by atoms with Crippen molar-refractivity contribution in [2.45, 2.75) is 18.7 Å².